The Balaban J connectivity index is 1.42. The summed E-state index contributed by atoms with van der Waals surface area (Å²) in [6, 6.07) is 14.7. The highest BCUT2D eigenvalue weighted by atomic mass is 79.9. The first-order valence-corrected chi connectivity index (χ1v) is 8.85. The molecular weight excluding hydrogens is 352 g/mol. The number of likely N-dealkylation sites (tertiary alicyclic amines) is 1. The molecular formula is C18H19BrN4. The number of pyridine rings is 1. The van der Waals surface area contributed by atoms with E-state index < -0.39 is 0 Å². The average Bonchev–Trinajstić information content (AvgIpc) is 3.02. The number of rotatable bonds is 3. The Morgan fingerprint density at radius 1 is 1.00 bits per heavy atom. The molecule has 0 N–H and O–H groups in total. The number of hydrogen-bond donors (Lipinski definition) is 0. The summed E-state index contributed by atoms with van der Waals surface area (Å²) in [6.45, 7) is 3.26. The molecule has 118 valence electrons. The van der Waals surface area contributed by atoms with Crippen LogP contribution in [0.2, 0.25) is 0 Å². The predicted molar refractivity (Wildman–Crippen MR) is 94.4 cm³/mol. The van der Waals surface area contributed by atoms with Crippen molar-refractivity contribution in [2.75, 3.05) is 13.1 Å². The minimum Gasteiger partial charge on any atom is -0.299 e. The van der Waals surface area contributed by atoms with E-state index in [-0.39, 0.29) is 0 Å². The summed E-state index contributed by atoms with van der Waals surface area (Å²) in [6.07, 6.45) is 4.36. The lowest BCUT2D eigenvalue weighted by molar-refractivity contribution is 0.201. The van der Waals surface area contributed by atoms with Crippen molar-refractivity contribution in [1.82, 2.24) is 19.5 Å². The van der Waals surface area contributed by atoms with Crippen molar-refractivity contribution in [3.63, 3.8) is 0 Å². The van der Waals surface area contributed by atoms with Gasteiger partial charge in [-0.25, -0.2) is 0 Å². The number of aromatic nitrogens is 3. The number of fused-ring (bicyclic) bond motifs is 1. The van der Waals surface area contributed by atoms with Crippen LogP contribution in [0.15, 0.2) is 53.1 Å². The van der Waals surface area contributed by atoms with Gasteiger partial charge in [0.05, 0.1) is 0 Å². The maximum atomic E-state index is 4.43. The Labute approximate surface area is 144 Å². The van der Waals surface area contributed by atoms with Crippen molar-refractivity contribution in [1.29, 1.82) is 0 Å². The predicted octanol–water partition coefficient (Wildman–Crippen LogP) is 3.87. The molecule has 23 heavy (non-hydrogen) atoms. The van der Waals surface area contributed by atoms with E-state index in [9.17, 15) is 0 Å². The van der Waals surface area contributed by atoms with Gasteiger partial charge >= 0.3 is 0 Å². The van der Waals surface area contributed by atoms with Crippen LogP contribution in [-0.4, -0.2) is 32.6 Å². The van der Waals surface area contributed by atoms with Crippen LogP contribution in [0, 0.1) is 0 Å². The van der Waals surface area contributed by atoms with E-state index in [0.717, 1.165) is 48.4 Å². The Kier molecular flexibility index (Phi) is 4.14. The molecule has 0 amide bonds. The Bertz CT molecular complexity index is 788. The molecule has 1 aromatic carbocycles. The van der Waals surface area contributed by atoms with E-state index in [1.54, 1.807) is 0 Å². The van der Waals surface area contributed by atoms with E-state index in [0.29, 0.717) is 5.92 Å². The van der Waals surface area contributed by atoms with Crippen molar-refractivity contribution in [3.8, 4) is 0 Å². The summed E-state index contributed by atoms with van der Waals surface area (Å²) in [5.41, 5.74) is 2.32. The zero-order chi connectivity index (χ0) is 15.6. The second-order valence-electron chi connectivity index (χ2n) is 6.16. The van der Waals surface area contributed by atoms with Crippen LogP contribution < -0.4 is 0 Å². The molecule has 1 aliphatic heterocycles. The summed E-state index contributed by atoms with van der Waals surface area (Å²) in [5.74, 6) is 1.62. The molecule has 1 aliphatic rings. The Morgan fingerprint density at radius 3 is 2.57 bits per heavy atom. The van der Waals surface area contributed by atoms with Gasteiger partial charge in [-0.3, -0.25) is 9.30 Å². The van der Waals surface area contributed by atoms with Gasteiger partial charge in [-0.15, -0.1) is 10.2 Å². The largest absolute Gasteiger partial charge is 0.299 e. The van der Waals surface area contributed by atoms with Gasteiger partial charge in [0.2, 0.25) is 0 Å². The van der Waals surface area contributed by atoms with Gasteiger partial charge in [0.25, 0.3) is 0 Å². The summed E-state index contributed by atoms with van der Waals surface area (Å²) >= 11 is 3.49. The highest BCUT2D eigenvalue weighted by molar-refractivity contribution is 9.10. The molecule has 3 aromatic rings. The molecule has 0 spiro atoms. The molecule has 5 heteroatoms. The van der Waals surface area contributed by atoms with E-state index in [1.165, 1.54) is 5.56 Å². The van der Waals surface area contributed by atoms with E-state index in [1.807, 2.05) is 18.2 Å². The molecule has 1 saturated heterocycles. The number of halogens is 1. The van der Waals surface area contributed by atoms with Gasteiger partial charge in [0.1, 0.15) is 5.82 Å². The molecule has 1 fully saturated rings. The standard InChI is InChI=1S/C18H19BrN4/c19-16-6-4-14(5-7-16)13-22-11-8-15(9-12-22)18-21-20-17-3-1-2-10-23(17)18/h1-7,10,15H,8-9,11-13H2. The van der Waals surface area contributed by atoms with Gasteiger partial charge in [-0.05, 0) is 55.8 Å². The summed E-state index contributed by atoms with van der Waals surface area (Å²) < 4.78 is 3.27. The quantitative estimate of drug-likeness (QED) is 0.701. The number of benzene rings is 1. The zero-order valence-corrected chi connectivity index (χ0v) is 14.5. The van der Waals surface area contributed by atoms with Gasteiger partial charge < -0.3 is 0 Å². The van der Waals surface area contributed by atoms with Crippen molar-refractivity contribution in [3.05, 3.63) is 64.5 Å². The van der Waals surface area contributed by atoms with E-state index in [2.05, 4.69) is 65.9 Å². The first kappa shape index (κ1) is 14.8. The first-order chi connectivity index (χ1) is 11.3. The van der Waals surface area contributed by atoms with Crippen molar-refractivity contribution >= 4 is 21.6 Å². The van der Waals surface area contributed by atoms with E-state index in [4.69, 9.17) is 0 Å². The van der Waals surface area contributed by atoms with Crippen LogP contribution in [0.5, 0.6) is 0 Å². The summed E-state index contributed by atoms with van der Waals surface area (Å²) in [5, 5.41) is 8.71. The van der Waals surface area contributed by atoms with Crippen molar-refractivity contribution < 1.29 is 0 Å². The molecule has 0 bridgehead atoms. The molecule has 0 atom stereocenters. The minimum absolute atomic E-state index is 0.508. The van der Waals surface area contributed by atoms with Crippen molar-refractivity contribution in [2.45, 2.75) is 25.3 Å². The maximum absolute atomic E-state index is 4.43. The molecule has 0 radical (unpaired) electrons. The molecule has 4 nitrogen and oxygen atoms in total. The van der Waals surface area contributed by atoms with Crippen LogP contribution in [0.3, 0.4) is 0 Å². The average molecular weight is 371 g/mol. The van der Waals surface area contributed by atoms with Crippen LogP contribution in [0.1, 0.15) is 30.1 Å². The fraction of sp³-hybridized carbons (Fsp3) is 0.333. The second kappa shape index (κ2) is 6.42. The van der Waals surface area contributed by atoms with Gasteiger partial charge in [-0.1, -0.05) is 34.1 Å². The normalized spacial score (nSPS) is 16.9. The highest BCUT2D eigenvalue weighted by Crippen LogP contribution is 2.27. The lowest BCUT2D eigenvalue weighted by atomic mass is 9.95. The smallest absolute Gasteiger partial charge is 0.160 e. The Morgan fingerprint density at radius 2 is 1.78 bits per heavy atom. The molecule has 3 heterocycles. The second-order valence-corrected chi connectivity index (χ2v) is 7.08. The molecule has 0 unspecified atom stereocenters. The lowest BCUT2D eigenvalue weighted by Gasteiger charge is -2.31. The molecule has 2 aromatic heterocycles. The van der Waals surface area contributed by atoms with Crippen LogP contribution in [0.4, 0.5) is 0 Å². The minimum atomic E-state index is 0.508. The van der Waals surface area contributed by atoms with Gasteiger partial charge in [-0.2, -0.15) is 0 Å². The SMILES string of the molecule is Brc1ccc(CN2CCC(c3nnc4ccccn34)CC2)cc1. The molecule has 0 saturated carbocycles. The third kappa shape index (κ3) is 3.16. The van der Waals surface area contributed by atoms with Gasteiger partial charge in [0.15, 0.2) is 5.65 Å². The summed E-state index contributed by atoms with van der Waals surface area (Å²) in [7, 11) is 0. The fourth-order valence-corrected chi connectivity index (χ4v) is 3.60. The first-order valence-electron chi connectivity index (χ1n) is 8.06. The van der Waals surface area contributed by atoms with Crippen LogP contribution in [0.25, 0.3) is 5.65 Å². The fourth-order valence-electron chi connectivity index (χ4n) is 3.34. The Hall–Kier alpha value is -1.72. The van der Waals surface area contributed by atoms with Gasteiger partial charge in [0, 0.05) is 23.1 Å². The highest BCUT2D eigenvalue weighted by Gasteiger charge is 2.24. The monoisotopic (exact) mass is 370 g/mol. The third-order valence-corrected chi connectivity index (χ3v) is 5.14. The van der Waals surface area contributed by atoms with Crippen LogP contribution >= 0.6 is 15.9 Å². The third-order valence-electron chi connectivity index (χ3n) is 4.61. The number of hydrogen-bond acceptors (Lipinski definition) is 3. The van der Waals surface area contributed by atoms with Crippen LogP contribution in [-0.2, 0) is 6.54 Å². The molecule has 0 aliphatic carbocycles. The summed E-state index contributed by atoms with van der Waals surface area (Å²) in [4.78, 5) is 2.53. The maximum Gasteiger partial charge on any atom is 0.160 e. The topological polar surface area (TPSA) is 33.4 Å². The molecule has 4 rings (SSSR count). The zero-order valence-electron chi connectivity index (χ0n) is 12.9. The van der Waals surface area contributed by atoms with Crippen molar-refractivity contribution in [2.24, 2.45) is 0 Å². The lowest BCUT2D eigenvalue weighted by Crippen LogP contribution is -2.33. The van der Waals surface area contributed by atoms with E-state index >= 15 is 0 Å². The number of piperidine rings is 1. The number of nitrogens with zero attached hydrogens (tertiary/aromatic N) is 4.